The van der Waals surface area contributed by atoms with Crippen molar-refractivity contribution in [1.82, 2.24) is 5.32 Å². The molecule has 19 heavy (non-hydrogen) atoms. The summed E-state index contributed by atoms with van der Waals surface area (Å²) in [6, 6.07) is 5.39. The van der Waals surface area contributed by atoms with Crippen LogP contribution in [0.3, 0.4) is 0 Å². The van der Waals surface area contributed by atoms with Gasteiger partial charge >= 0.3 is 0 Å². The molecule has 0 amide bonds. The molecule has 1 saturated heterocycles. The van der Waals surface area contributed by atoms with Gasteiger partial charge in [-0.3, -0.25) is 10.1 Å². The second-order valence-corrected chi connectivity index (χ2v) is 5.43. The fraction of sp³-hybridized carbons (Fsp3) is 0.538. The van der Waals surface area contributed by atoms with E-state index in [1.807, 2.05) is 6.92 Å². The first kappa shape index (κ1) is 14.1. The number of halogens is 1. The molecule has 0 aromatic heterocycles. The number of nitrogens with one attached hydrogen (secondary N) is 2. The van der Waals surface area contributed by atoms with Crippen LogP contribution in [0.25, 0.3) is 0 Å². The zero-order chi connectivity index (χ0) is 13.8. The maximum atomic E-state index is 11.0. The van der Waals surface area contributed by atoms with Crippen LogP contribution in [0.4, 0.5) is 11.4 Å². The molecule has 2 rings (SSSR count). The van der Waals surface area contributed by atoms with Crippen LogP contribution in [-0.4, -0.2) is 23.6 Å². The highest BCUT2D eigenvalue weighted by molar-refractivity contribution is 6.30. The lowest BCUT2D eigenvalue weighted by Crippen LogP contribution is -2.29. The number of hydrogen-bond acceptors (Lipinski definition) is 4. The quantitative estimate of drug-likeness (QED) is 0.643. The molecule has 1 aromatic carbocycles. The highest BCUT2D eigenvalue weighted by Gasteiger charge is 2.20. The van der Waals surface area contributed by atoms with Gasteiger partial charge in [-0.05, 0) is 44.9 Å². The lowest BCUT2D eigenvalue weighted by atomic mass is 10.1. The number of benzene rings is 1. The van der Waals surface area contributed by atoms with E-state index in [1.54, 1.807) is 12.1 Å². The van der Waals surface area contributed by atoms with Crippen LogP contribution < -0.4 is 10.6 Å². The van der Waals surface area contributed by atoms with Crippen LogP contribution in [0.1, 0.15) is 26.2 Å². The van der Waals surface area contributed by atoms with Crippen molar-refractivity contribution in [1.29, 1.82) is 0 Å². The smallest absolute Gasteiger partial charge is 0.293 e. The Bertz CT molecular complexity index is 461. The van der Waals surface area contributed by atoms with E-state index in [0.717, 1.165) is 13.0 Å². The van der Waals surface area contributed by atoms with Gasteiger partial charge in [0.2, 0.25) is 0 Å². The van der Waals surface area contributed by atoms with Gasteiger partial charge in [-0.2, -0.15) is 0 Å². The van der Waals surface area contributed by atoms with Crippen molar-refractivity contribution >= 4 is 23.0 Å². The Morgan fingerprint density at radius 3 is 3.05 bits per heavy atom. The van der Waals surface area contributed by atoms with Crippen LogP contribution in [0.5, 0.6) is 0 Å². The molecule has 1 aliphatic rings. The number of rotatable bonds is 5. The summed E-state index contributed by atoms with van der Waals surface area (Å²) in [6.45, 7) is 3.11. The van der Waals surface area contributed by atoms with Crippen molar-refractivity contribution < 1.29 is 4.92 Å². The largest absolute Gasteiger partial charge is 0.377 e. The molecule has 1 aromatic rings. The number of nitro groups is 1. The fourth-order valence-electron chi connectivity index (χ4n) is 2.49. The summed E-state index contributed by atoms with van der Waals surface area (Å²) >= 11 is 5.79. The summed E-state index contributed by atoms with van der Waals surface area (Å²) in [5.41, 5.74) is 0.554. The molecule has 104 valence electrons. The minimum absolute atomic E-state index is 0.0266. The zero-order valence-corrected chi connectivity index (χ0v) is 11.6. The van der Waals surface area contributed by atoms with E-state index in [2.05, 4.69) is 10.6 Å². The molecule has 0 spiro atoms. The van der Waals surface area contributed by atoms with Crippen LogP contribution in [0.15, 0.2) is 18.2 Å². The third kappa shape index (κ3) is 3.81. The maximum absolute atomic E-state index is 11.0. The second kappa shape index (κ2) is 6.21. The molecule has 6 heteroatoms. The summed E-state index contributed by atoms with van der Waals surface area (Å²) in [7, 11) is 0. The topological polar surface area (TPSA) is 67.2 Å². The molecule has 1 heterocycles. The molecule has 2 unspecified atom stereocenters. The van der Waals surface area contributed by atoms with Gasteiger partial charge in [0, 0.05) is 23.2 Å². The molecule has 5 nitrogen and oxygen atoms in total. The predicted molar refractivity (Wildman–Crippen MR) is 76.8 cm³/mol. The van der Waals surface area contributed by atoms with Gasteiger partial charge in [-0.15, -0.1) is 0 Å². The SMILES string of the molecule is CC(CC1CCCN1)Nc1ccc(Cl)cc1[N+](=O)[O-]. The Labute approximate surface area is 117 Å². The third-order valence-electron chi connectivity index (χ3n) is 3.36. The predicted octanol–water partition coefficient (Wildman–Crippen LogP) is 3.19. The number of nitro benzene ring substituents is 1. The van der Waals surface area contributed by atoms with Gasteiger partial charge in [0.1, 0.15) is 5.69 Å². The summed E-state index contributed by atoms with van der Waals surface area (Å²) in [6.07, 6.45) is 3.34. The van der Waals surface area contributed by atoms with Crippen molar-refractivity contribution in [3.63, 3.8) is 0 Å². The van der Waals surface area contributed by atoms with Crippen LogP contribution >= 0.6 is 11.6 Å². The van der Waals surface area contributed by atoms with Gasteiger partial charge < -0.3 is 10.6 Å². The van der Waals surface area contributed by atoms with Gasteiger partial charge in [0.05, 0.1) is 4.92 Å². The molecule has 2 atom stereocenters. The zero-order valence-electron chi connectivity index (χ0n) is 10.9. The molecule has 2 N–H and O–H groups in total. The first-order chi connectivity index (χ1) is 9.06. The van der Waals surface area contributed by atoms with Crippen molar-refractivity contribution in [2.24, 2.45) is 0 Å². The molecule has 1 fully saturated rings. The van der Waals surface area contributed by atoms with E-state index in [9.17, 15) is 10.1 Å². The number of hydrogen-bond donors (Lipinski definition) is 2. The maximum Gasteiger partial charge on any atom is 0.293 e. The summed E-state index contributed by atoms with van der Waals surface area (Å²) in [5.74, 6) is 0. The van der Waals surface area contributed by atoms with E-state index in [4.69, 9.17) is 11.6 Å². The Morgan fingerprint density at radius 2 is 2.42 bits per heavy atom. The lowest BCUT2D eigenvalue weighted by Gasteiger charge is -2.19. The van der Waals surface area contributed by atoms with Crippen molar-refractivity contribution in [3.8, 4) is 0 Å². The molecule has 0 saturated carbocycles. The Hall–Kier alpha value is -1.33. The van der Waals surface area contributed by atoms with Crippen LogP contribution in [-0.2, 0) is 0 Å². The average Bonchev–Trinajstić information content (AvgIpc) is 2.83. The van der Waals surface area contributed by atoms with Gasteiger partial charge in [-0.25, -0.2) is 0 Å². The molecule has 0 bridgehead atoms. The molecular weight excluding hydrogens is 266 g/mol. The van der Waals surface area contributed by atoms with Gasteiger partial charge in [-0.1, -0.05) is 11.6 Å². The lowest BCUT2D eigenvalue weighted by molar-refractivity contribution is -0.384. The fourth-order valence-corrected chi connectivity index (χ4v) is 2.65. The highest BCUT2D eigenvalue weighted by Crippen LogP contribution is 2.28. The van der Waals surface area contributed by atoms with Crippen molar-refractivity contribution in [2.75, 3.05) is 11.9 Å². The molecule has 0 radical (unpaired) electrons. The van der Waals surface area contributed by atoms with E-state index >= 15 is 0 Å². The number of anilines is 1. The van der Waals surface area contributed by atoms with Gasteiger partial charge in [0.15, 0.2) is 0 Å². The van der Waals surface area contributed by atoms with E-state index in [-0.39, 0.29) is 11.7 Å². The van der Waals surface area contributed by atoms with Crippen molar-refractivity contribution in [2.45, 2.75) is 38.3 Å². The Morgan fingerprint density at radius 1 is 1.63 bits per heavy atom. The Balaban J connectivity index is 2.03. The summed E-state index contributed by atoms with van der Waals surface area (Å²) in [4.78, 5) is 10.6. The van der Waals surface area contributed by atoms with E-state index < -0.39 is 4.92 Å². The normalized spacial score (nSPS) is 20.2. The minimum atomic E-state index is -0.408. The van der Waals surface area contributed by atoms with Crippen molar-refractivity contribution in [3.05, 3.63) is 33.3 Å². The van der Waals surface area contributed by atoms with E-state index in [0.29, 0.717) is 16.8 Å². The first-order valence-corrected chi connectivity index (χ1v) is 6.88. The van der Waals surface area contributed by atoms with Gasteiger partial charge in [0.25, 0.3) is 5.69 Å². The van der Waals surface area contributed by atoms with E-state index in [1.165, 1.54) is 18.9 Å². The third-order valence-corrected chi connectivity index (χ3v) is 3.59. The molecule has 1 aliphatic heterocycles. The monoisotopic (exact) mass is 283 g/mol. The summed E-state index contributed by atoms with van der Waals surface area (Å²) in [5, 5.41) is 18.0. The minimum Gasteiger partial charge on any atom is -0.377 e. The summed E-state index contributed by atoms with van der Waals surface area (Å²) < 4.78 is 0. The van der Waals surface area contributed by atoms with Crippen LogP contribution in [0.2, 0.25) is 5.02 Å². The standard InChI is InChI=1S/C13H18ClN3O2/c1-9(7-11-3-2-6-15-11)16-12-5-4-10(14)8-13(12)17(18)19/h4-5,8-9,11,15-16H,2-3,6-7H2,1H3. The number of nitrogens with zero attached hydrogens (tertiary/aromatic N) is 1. The second-order valence-electron chi connectivity index (χ2n) is 4.99. The first-order valence-electron chi connectivity index (χ1n) is 6.50. The average molecular weight is 284 g/mol. The highest BCUT2D eigenvalue weighted by atomic mass is 35.5. The molecular formula is C13H18ClN3O2. The molecule has 0 aliphatic carbocycles. The van der Waals surface area contributed by atoms with Crippen LogP contribution in [0, 0.1) is 10.1 Å². The Kier molecular flexibility index (Phi) is 4.61.